The van der Waals surface area contributed by atoms with Gasteiger partial charge in [0.05, 0.1) is 12.2 Å². The van der Waals surface area contributed by atoms with E-state index in [0.29, 0.717) is 17.9 Å². The number of nitrogens with one attached hydrogen (secondary N) is 1. The van der Waals surface area contributed by atoms with Gasteiger partial charge in [-0.2, -0.15) is 0 Å². The fraction of sp³-hybridized carbons (Fsp3) is 0.182. The number of aromatic hydroxyl groups is 1. The zero-order valence-electron chi connectivity index (χ0n) is 8.69. The molecule has 0 aliphatic heterocycles. The van der Waals surface area contributed by atoms with Crippen LogP contribution in [0, 0.1) is 0 Å². The fourth-order valence-electron chi connectivity index (χ4n) is 1.44. The van der Waals surface area contributed by atoms with Crippen molar-refractivity contribution < 1.29 is 14.3 Å². The lowest BCUT2D eigenvalue weighted by molar-refractivity contribution is 0.340. The summed E-state index contributed by atoms with van der Waals surface area (Å²) in [6, 6.07) is 7.02. The Morgan fingerprint density at radius 1 is 1.44 bits per heavy atom. The molecule has 16 heavy (non-hydrogen) atoms. The molecule has 0 saturated carbocycles. The van der Waals surface area contributed by atoms with Gasteiger partial charge in [-0.15, -0.1) is 0 Å². The van der Waals surface area contributed by atoms with Crippen molar-refractivity contribution in [3.05, 3.63) is 34.8 Å². The van der Waals surface area contributed by atoms with E-state index in [1.807, 2.05) is 6.92 Å². The molecular weight excluding hydrogens is 210 g/mol. The molecule has 0 saturated heterocycles. The highest BCUT2D eigenvalue weighted by Crippen LogP contribution is 2.33. The Bertz CT molecular complexity index is 541. The van der Waals surface area contributed by atoms with E-state index in [-0.39, 0.29) is 11.6 Å². The second-order valence-electron chi connectivity index (χ2n) is 3.12. The summed E-state index contributed by atoms with van der Waals surface area (Å²) in [6.45, 7) is 2.34. The summed E-state index contributed by atoms with van der Waals surface area (Å²) < 4.78 is 10.2. The van der Waals surface area contributed by atoms with Crippen molar-refractivity contribution in [1.29, 1.82) is 0 Å². The maximum atomic E-state index is 10.9. The number of rotatable bonds is 3. The second kappa shape index (κ2) is 4.14. The number of H-pyrrole nitrogens is 1. The lowest BCUT2D eigenvalue weighted by Crippen LogP contribution is -1.94. The van der Waals surface area contributed by atoms with Gasteiger partial charge in [-0.1, -0.05) is 12.1 Å². The number of hydrogen-bond donors (Lipinski definition) is 2. The van der Waals surface area contributed by atoms with E-state index >= 15 is 0 Å². The fourth-order valence-corrected chi connectivity index (χ4v) is 1.44. The van der Waals surface area contributed by atoms with E-state index in [0.717, 1.165) is 0 Å². The summed E-state index contributed by atoms with van der Waals surface area (Å²) in [4.78, 5) is 13.1. The van der Waals surface area contributed by atoms with E-state index < -0.39 is 5.76 Å². The van der Waals surface area contributed by atoms with Crippen LogP contribution in [-0.2, 0) is 0 Å². The molecule has 0 atom stereocenters. The Kier molecular flexibility index (Phi) is 2.68. The Hall–Kier alpha value is -2.17. The van der Waals surface area contributed by atoms with E-state index in [4.69, 9.17) is 9.15 Å². The predicted octanol–water partition coefficient (Wildman–Crippen LogP) is 1.74. The average molecular weight is 221 g/mol. The zero-order valence-corrected chi connectivity index (χ0v) is 8.69. The van der Waals surface area contributed by atoms with Gasteiger partial charge in [0.15, 0.2) is 0 Å². The summed E-state index contributed by atoms with van der Waals surface area (Å²) in [6.07, 6.45) is 0. The average Bonchev–Trinajstić information content (AvgIpc) is 2.59. The molecule has 1 aromatic heterocycles. The molecule has 0 aliphatic carbocycles. The molecule has 5 nitrogen and oxygen atoms in total. The molecule has 0 aliphatic rings. The first-order chi connectivity index (χ1) is 7.72. The van der Waals surface area contributed by atoms with E-state index in [9.17, 15) is 9.90 Å². The van der Waals surface area contributed by atoms with Gasteiger partial charge in [0.1, 0.15) is 5.75 Å². The maximum absolute atomic E-state index is 10.9. The third-order valence-corrected chi connectivity index (χ3v) is 2.06. The van der Waals surface area contributed by atoms with Crippen LogP contribution >= 0.6 is 0 Å². The van der Waals surface area contributed by atoms with Gasteiger partial charge < -0.3 is 14.3 Å². The van der Waals surface area contributed by atoms with Crippen LogP contribution in [0.5, 0.6) is 11.6 Å². The number of oxazole rings is 1. The SMILES string of the molecule is CCOc1ccccc1-c1oc(=O)[nH]c1O. The quantitative estimate of drug-likeness (QED) is 0.827. The first-order valence-electron chi connectivity index (χ1n) is 4.86. The Morgan fingerprint density at radius 3 is 2.81 bits per heavy atom. The topological polar surface area (TPSA) is 75.5 Å². The first kappa shape index (κ1) is 10.4. The van der Waals surface area contributed by atoms with Crippen molar-refractivity contribution >= 4 is 0 Å². The molecule has 0 fully saturated rings. The van der Waals surface area contributed by atoms with Gasteiger partial charge in [0.25, 0.3) is 0 Å². The van der Waals surface area contributed by atoms with E-state index in [1.54, 1.807) is 24.3 Å². The molecule has 1 aromatic carbocycles. The molecule has 2 rings (SSSR count). The first-order valence-corrected chi connectivity index (χ1v) is 4.86. The van der Waals surface area contributed by atoms with Crippen molar-refractivity contribution in [3.8, 4) is 23.0 Å². The number of aromatic amines is 1. The van der Waals surface area contributed by atoms with Crippen molar-refractivity contribution in [2.75, 3.05) is 6.61 Å². The predicted molar refractivity (Wildman–Crippen MR) is 57.6 cm³/mol. The van der Waals surface area contributed by atoms with Crippen LogP contribution in [0.15, 0.2) is 33.5 Å². The van der Waals surface area contributed by atoms with Gasteiger partial charge in [-0.3, -0.25) is 4.98 Å². The highest BCUT2D eigenvalue weighted by Gasteiger charge is 2.15. The lowest BCUT2D eigenvalue weighted by Gasteiger charge is -2.07. The summed E-state index contributed by atoms with van der Waals surface area (Å²) in [5.74, 6) is -0.340. The standard InChI is InChI=1S/C11H11NO4/c1-2-15-8-6-4-3-5-7(8)9-10(13)12-11(14)16-9/h3-6,13H,2H2,1H3,(H,12,14). The molecule has 2 aromatic rings. The molecular formula is C11H11NO4. The Labute approximate surface area is 91.3 Å². The third-order valence-electron chi connectivity index (χ3n) is 2.06. The molecule has 0 amide bonds. The highest BCUT2D eigenvalue weighted by atomic mass is 16.5. The van der Waals surface area contributed by atoms with Crippen molar-refractivity contribution in [2.24, 2.45) is 0 Å². The summed E-state index contributed by atoms with van der Waals surface area (Å²) in [7, 11) is 0. The number of aromatic nitrogens is 1. The maximum Gasteiger partial charge on any atom is 0.419 e. The minimum atomic E-state index is -0.696. The van der Waals surface area contributed by atoms with Crippen molar-refractivity contribution in [2.45, 2.75) is 6.92 Å². The van der Waals surface area contributed by atoms with Crippen LogP contribution in [0.1, 0.15) is 6.92 Å². The summed E-state index contributed by atoms with van der Waals surface area (Å²) in [5.41, 5.74) is 0.542. The Morgan fingerprint density at radius 2 is 2.19 bits per heavy atom. The number of ether oxygens (including phenoxy) is 1. The van der Waals surface area contributed by atoms with Crippen molar-refractivity contribution in [3.63, 3.8) is 0 Å². The van der Waals surface area contributed by atoms with Gasteiger partial charge in [0.2, 0.25) is 11.6 Å². The molecule has 84 valence electrons. The minimum absolute atomic E-state index is 0.0917. The summed E-state index contributed by atoms with van der Waals surface area (Å²) >= 11 is 0. The smallest absolute Gasteiger partial charge is 0.419 e. The van der Waals surface area contributed by atoms with Gasteiger partial charge >= 0.3 is 5.76 Å². The third kappa shape index (κ3) is 1.79. The van der Waals surface area contributed by atoms with E-state index in [2.05, 4.69) is 4.98 Å². The molecule has 0 radical (unpaired) electrons. The van der Waals surface area contributed by atoms with Crippen LogP contribution in [0.4, 0.5) is 0 Å². The Balaban J connectivity index is 2.55. The number of para-hydroxylation sites is 1. The van der Waals surface area contributed by atoms with Crippen molar-refractivity contribution in [1.82, 2.24) is 4.98 Å². The van der Waals surface area contributed by atoms with Gasteiger partial charge in [-0.25, -0.2) is 4.79 Å². The molecule has 0 spiro atoms. The number of hydrogen-bond acceptors (Lipinski definition) is 4. The molecule has 0 bridgehead atoms. The highest BCUT2D eigenvalue weighted by molar-refractivity contribution is 5.69. The van der Waals surface area contributed by atoms with Crippen LogP contribution < -0.4 is 10.5 Å². The molecule has 2 N–H and O–H groups in total. The van der Waals surface area contributed by atoms with Gasteiger partial charge in [0, 0.05) is 0 Å². The number of benzene rings is 1. The summed E-state index contributed by atoms with van der Waals surface area (Å²) in [5, 5.41) is 9.47. The zero-order chi connectivity index (χ0) is 11.5. The largest absolute Gasteiger partial charge is 0.493 e. The van der Waals surface area contributed by atoms with Crippen LogP contribution in [-0.4, -0.2) is 16.7 Å². The van der Waals surface area contributed by atoms with Crippen LogP contribution in [0.3, 0.4) is 0 Å². The van der Waals surface area contributed by atoms with Gasteiger partial charge in [-0.05, 0) is 19.1 Å². The second-order valence-corrected chi connectivity index (χ2v) is 3.12. The normalized spacial score (nSPS) is 10.3. The lowest BCUT2D eigenvalue weighted by atomic mass is 10.1. The van der Waals surface area contributed by atoms with E-state index in [1.165, 1.54) is 0 Å². The van der Waals surface area contributed by atoms with Crippen LogP contribution in [0.2, 0.25) is 0 Å². The molecule has 0 unspecified atom stereocenters. The van der Waals surface area contributed by atoms with Crippen LogP contribution in [0.25, 0.3) is 11.3 Å². The molecule has 1 heterocycles. The minimum Gasteiger partial charge on any atom is -0.493 e. The molecule has 5 heteroatoms. The monoisotopic (exact) mass is 221 g/mol.